The maximum atomic E-state index is 14.4. The molecule has 7 heteroatoms. The predicted octanol–water partition coefficient (Wildman–Crippen LogP) is 4.27. The molecule has 3 aliphatic rings. The van der Waals surface area contributed by atoms with Gasteiger partial charge in [-0.05, 0) is 61.0 Å². The van der Waals surface area contributed by atoms with Crippen molar-refractivity contribution in [2.24, 2.45) is 5.92 Å². The predicted molar refractivity (Wildman–Crippen MR) is 140 cm³/mol. The Balaban J connectivity index is 1.62. The molecule has 1 saturated heterocycles. The maximum absolute atomic E-state index is 14.4. The van der Waals surface area contributed by atoms with E-state index >= 15 is 0 Å². The molecule has 0 saturated carbocycles. The normalized spacial score (nSPS) is 24.8. The number of hydrogen-bond donors (Lipinski definition) is 1. The summed E-state index contributed by atoms with van der Waals surface area (Å²) in [5.41, 5.74) is 2.17. The molecule has 0 radical (unpaired) electrons. The molecule has 3 aromatic carbocycles. The van der Waals surface area contributed by atoms with Gasteiger partial charge in [-0.15, -0.1) is 0 Å². The summed E-state index contributed by atoms with van der Waals surface area (Å²) < 4.78 is 10.7. The number of amides is 1. The van der Waals surface area contributed by atoms with E-state index in [2.05, 4.69) is 5.32 Å². The lowest BCUT2D eigenvalue weighted by molar-refractivity contribution is -0.122. The van der Waals surface area contributed by atoms with Crippen molar-refractivity contribution in [1.82, 2.24) is 0 Å². The molecule has 186 valence electrons. The van der Waals surface area contributed by atoms with Gasteiger partial charge in [0.1, 0.15) is 16.9 Å². The summed E-state index contributed by atoms with van der Waals surface area (Å²) in [5, 5.41) is 3.02. The van der Waals surface area contributed by atoms with Crippen molar-refractivity contribution in [2.45, 2.75) is 24.4 Å². The molecule has 1 amide bonds. The van der Waals surface area contributed by atoms with Crippen LogP contribution in [0, 0.1) is 5.92 Å². The second-order valence-corrected chi connectivity index (χ2v) is 9.63. The SMILES string of the molecule is COc1ccc(C(=O)[C@H]2[C@H](C(C)=O)N3c4ccc(OC)cc4C=C[C@@H]3[C@]23C(=O)Nc2ccccc23)cc1. The molecular weight excluding hydrogens is 468 g/mol. The van der Waals surface area contributed by atoms with Gasteiger partial charge in [-0.2, -0.15) is 0 Å². The van der Waals surface area contributed by atoms with E-state index in [9.17, 15) is 14.4 Å². The average Bonchev–Trinajstić information content (AvgIpc) is 3.40. The number of nitrogens with zero attached hydrogens (tertiary/aromatic N) is 1. The summed E-state index contributed by atoms with van der Waals surface area (Å²) in [6.45, 7) is 1.50. The largest absolute Gasteiger partial charge is 0.497 e. The van der Waals surface area contributed by atoms with Crippen LogP contribution in [0.15, 0.2) is 72.8 Å². The Labute approximate surface area is 214 Å². The quantitative estimate of drug-likeness (QED) is 0.534. The molecule has 0 bridgehead atoms. The summed E-state index contributed by atoms with van der Waals surface area (Å²) in [5.74, 6) is -0.362. The molecule has 0 aromatic heterocycles. The van der Waals surface area contributed by atoms with Gasteiger partial charge >= 0.3 is 0 Å². The highest BCUT2D eigenvalue weighted by Crippen LogP contribution is 2.57. The van der Waals surface area contributed by atoms with Crippen molar-refractivity contribution < 1.29 is 23.9 Å². The molecule has 0 unspecified atom stereocenters. The van der Waals surface area contributed by atoms with Crippen LogP contribution in [-0.2, 0) is 15.0 Å². The maximum Gasteiger partial charge on any atom is 0.238 e. The van der Waals surface area contributed by atoms with E-state index in [1.807, 2.05) is 59.5 Å². The first-order chi connectivity index (χ1) is 17.9. The Kier molecular flexibility index (Phi) is 5.19. The third kappa shape index (κ3) is 3.10. The number of nitrogens with one attached hydrogen (secondary N) is 1. The number of hydrogen-bond acceptors (Lipinski definition) is 6. The lowest BCUT2D eigenvalue weighted by Gasteiger charge is -2.37. The molecule has 4 atom stereocenters. The number of fused-ring (bicyclic) bond motifs is 6. The van der Waals surface area contributed by atoms with Crippen LogP contribution in [0.2, 0.25) is 0 Å². The molecule has 3 aliphatic heterocycles. The second kappa shape index (κ2) is 8.34. The minimum atomic E-state index is -1.29. The van der Waals surface area contributed by atoms with Gasteiger partial charge in [-0.1, -0.05) is 30.4 Å². The minimum absolute atomic E-state index is 0.178. The van der Waals surface area contributed by atoms with Gasteiger partial charge in [0.2, 0.25) is 5.91 Å². The van der Waals surface area contributed by atoms with Crippen LogP contribution < -0.4 is 19.7 Å². The van der Waals surface area contributed by atoms with Crippen LogP contribution in [0.1, 0.15) is 28.4 Å². The van der Waals surface area contributed by atoms with E-state index in [1.54, 1.807) is 38.5 Å². The topological polar surface area (TPSA) is 84.9 Å². The standard InChI is InChI=1S/C30H26N2O5/c1-17(33)27-26(28(34)18-8-11-20(36-2)12-9-18)30(22-6-4-5-7-23(22)31-29(30)35)25-15-10-19-16-21(37-3)13-14-24(19)32(25)27/h4-16,25-27H,1-3H3,(H,31,35)/t25-,26-,27+,30+/m1/s1. The number of rotatable bonds is 5. The number of carbonyl (C=O) groups is 3. The van der Waals surface area contributed by atoms with Crippen LogP contribution in [0.3, 0.4) is 0 Å². The van der Waals surface area contributed by atoms with Crippen LogP contribution in [0.4, 0.5) is 11.4 Å². The Morgan fingerprint density at radius 1 is 0.946 bits per heavy atom. The van der Waals surface area contributed by atoms with Crippen molar-refractivity contribution in [1.29, 1.82) is 0 Å². The second-order valence-electron chi connectivity index (χ2n) is 9.63. The summed E-state index contributed by atoms with van der Waals surface area (Å²) in [6, 6.07) is 18.5. The molecule has 1 spiro atoms. The van der Waals surface area contributed by atoms with E-state index in [-0.39, 0.29) is 17.5 Å². The number of ketones is 2. The van der Waals surface area contributed by atoms with Crippen molar-refractivity contribution in [2.75, 3.05) is 24.4 Å². The van der Waals surface area contributed by atoms with Crippen LogP contribution >= 0.6 is 0 Å². The summed E-state index contributed by atoms with van der Waals surface area (Å²) in [7, 11) is 3.16. The smallest absolute Gasteiger partial charge is 0.238 e. The fourth-order valence-corrected chi connectivity index (χ4v) is 6.37. The number of ether oxygens (including phenoxy) is 2. The van der Waals surface area contributed by atoms with Gasteiger partial charge in [0, 0.05) is 22.5 Å². The van der Waals surface area contributed by atoms with Gasteiger partial charge in [-0.3, -0.25) is 14.4 Å². The summed E-state index contributed by atoms with van der Waals surface area (Å²) in [6.07, 6.45) is 3.90. The Bertz CT molecular complexity index is 1480. The summed E-state index contributed by atoms with van der Waals surface area (Å²) in [4.78, 5) is 43.9. The first kappa shape index (κ1) is 23.0. The third-order valence-corrected chi connectivity index (χ3v) is 7.91. The zero-order chi connectivity index (χ0) is 25.9. The molecule has 3 aromatic rings. The molecular formula is C30H26N2O5. The molecule has 3 heterocycles. The van der Waals surface area contributed by atoms with Gasteiger partial charge < -0.3 is 19.7 Å². The summed E-state index contributed by atoms with van der Waals surface area (Å²) >= 11 is 0. The average molecular weight is 495 g/mol. The highest BCUT2D eigenvalue weighted by Gasteiger charge is 2.69. The van der Waals surface area contributed by atoms with E-state index in [0.717, 1.165) is 16.8 Å². The fraction of sp³-hybridized carbons (Fsp3) is 0.233. The Morgan fingerprint density at radius 3 is 2.35 bits per heavy atom. The number of para-hydroxylation sites is 1. The number of benzene rings is 3. The van der Waals surface area contributed by atoms with Gasteiger partial charge in [0.05, 0.1) is 32.2 Å². The number of Topliss-reactive ketones (excluding diaryl/α,β-unsaturated/α-hetero) is 2. The van der Waals surface area contributed by atoms with Crippen LogP contribution in [-0.4, -0.2) is 43.8 Å². The van der Waals surface area contributed by atoms with E-state index < -0.39 is 23.4 Å². The van der Waals surface area contributed by atoms with Crippen molar-refractivity contribution in [3.05, 3.63) is 89.5 Å². The van der Waals surface area contributed by atoms with E-state index in [0.29, 0.717) is 22.7 Å². The minimum Gasteiger partial charge on any atom is -0.497 e. The third-order valence-electron chi connectivity index (χ3n) is 7.91. The first-order valence-electron chi connectivity index (χ1n) is 12.2. The highest BCUT2D eigenvalue weighted by molar-refractivity contribution is 6.16. The molecule has 6 rings (SSSR count). The lowest BCUT2D eigenvalue weighted by Crippen LogP contribution is -2.51. The monoisotopic (exact) mass is 494 g/mol. The number of methoxy groups -OCH3 is 2. The van der Waals surface area contributed by atoms with Gasteiger partial charge in [-0.25, -0.2) is 0 Å². The van der Waals surface area contributed by atoms with Crippen molar-refractivity contribution in [3.8, 4) is 11.5 Å². The van der Waals surface area contributed by atoms with Crippen LogP contribution in [0.5, 0.6) is 11.5 Å². The van der Waals surface area contributed by atoms with Crippen molar-refractivity contribution >= 4 is 34.9 Å². The molecule has 7 nitrogen and oxygen atoms in total. The molecule has 37 heavy (non-hydrogen) atoms. The fourth-order valence-electron chi connectivity index (χ4n) is 6.37. The van der Waals surface area contributed by atoms with E-state index in [4.69, 9.17) is 9.47 Å². The Hall–Kier alpha value is -4.39. The van der Waals surface area contributed by atoms with E-state index in [1.165, 1.54) is 6.92 Å². The lowest BCUT2D eigenvalue weighted by atomic mass is 9.64. The van der Waals surface area contributed by atoms with Gasteiger partial charge in [0.25, 0.3) is 0 Å². The zero-order valence-electron chi connectivity index (χ0n) is 20.7. The highest BCUT2D eigenvalue weighted by atomic mass is 16.5. The molecule has 0 aliphatic carbocycles. The number of anilines is 2. The first-order valence-corrected chi connectivity index (χ1v) is 12.2. The molecule has 1 fully saturated rings. The van der Waals surface area contributed by atoms with Gasteiger partial charge in [0.15, 0.2) is 11.6 Å². The Morgan fingerprint density at radius 2 is 1.65 bits per heavy atom. The zero-order valence-corrected chi connectivity index (χ0v) is 20.7. The van der Waals surface area contributed by atoms with Crippen molar-refractivity contribution in [3.63, 3.8) is 0 Å². The molecule has 1 N–H and O–H groups in total. The number of carbonyl (C=O) groups excluding carboxylic acids is 3. The van der Waals surface area contributed by atoms with Crippen LogP contribution in [0.25, 0.3) is 6.08 Å².